The Morgan fingerprint density at radius 2 is 2.00 bits per heavy atom. The molecule has 1 aromatic carbocycles. The number of likely N-dealkylation sites (N-methyl/N-ethyl adjacent to an activating group) is 1. The molecule has 6 nitrogen and oxygen atoms in total. The molecule has 1 aliphatic rings. The van der Waals surface area contributed by atoms with Crippen LogP contribution in [0.2, 0.25) is 0 Å². The minimum absolute atomic E-state index is 0.0110. The van der Waals surface area contributed by atoms with Crippen LogP contribution in [0.4, 0.5) is 4.39 Å². The van der Waals surface area contributed by atoms with Crippen LogP contribution in [0.3, 0.4) is 0 Å². The highest BCUT2D eigenvalue weighted by atomic mass is 19.1. The highest BCUT2D eigenvalue weighted by Crippen LogP contribution is 2.21. The molecule has 1 aromatic heterocycles. The Hall–Kier alpha value is -2.54. The van der Waals surface area contributed by atoms with Crippen LogP contribution in [0.25, 0.3) is 10.9 Å². The van der Waals surface area contributed by atoms with Crippen molar-refractivity contribution in [3.63, 3.8) is 0 Å². The smallest absolute Gasteiger partial charge is 0.254 e. The number of ether oxygens (including phenoxy) is 1. The van der Waals surface area contributed by atoms with Gasteiger partial charge in [-0.1, -0.05) is 0 Å². The van der Waals surface area contributed by atoms with Gasteiger partial charge in [0.15, 0.2) is 0 Å². The van der Waals surface area contributed by atoms with Gasteiger partial charge in [0.2, 0.25) is 5.91 Å². The third-order valence-corrected chi connectivity index (χ3v) is 4.21. The maximum Gasteiger partial charge on any atom is 0.254 e. The molecule has 0 unspecified atom stereocenters. The lowest BCUT2D eigenvalue weighted by Gasteiger charge is -2.28. The number of pyridine rings is 1. The average Bonchev–Trinajstić information content (AvgIpc) is 2.60. The zero-order chi connectivity index (χ0) is 18.0. The fraction of sp³-hybridized carbons (Fsp3) is 0.389. The van der Waals surface area contributed by atoms with Gasteiger partial charge in [-0.05, 0) is 25.1 Å². The summed E-state index contributed by atoms with van der Waals surface area (Å²) >= 11 is 0. The number of nitrogens with zero attached hydrogens (tertiary/aromatic N) is 3. The molecule has 0 saturated carbocycles. The van der Waals surface area contributed by atoms with Gasteiger partial charge in [0, 0.05) is 37.3 Å². The average molecular weight is 345 g/mol. The summed E-state index contributed by atoms with van der Waals surface area (Å²) in [5.74, 6) is -0.802. The van der Waals surface area contributed by atoms with Gasteiger partial charge in [-0.3, -0.25) is 14.6 Å². The number of halogens is 1. The lowest BCUT2D eigenvalue weighted by atomic mass is 10.1. The minimum Gasteiger partial charge on any atom is -0.378 e. The number of rotatable bonds is 3. The molecule has 0 bridgehead atoms. The summed E-state index contributed by atoms with van der Waals surface area (Å²) in [7, 11) is 1.59. The van der Waals surface area contributed by atoms with E-state index < -0.39 is 5.82 Å². The van der Waals surface area contributed by atoms with Crippen molar-refractivity contribution < 1.29 is 18.7 Å². The van der Waals surface area contributed by atoms with Gasteiger partial charge in [0.1, 0.15) is 5.82 Å². The molecule has 3 rings (SSSR count). The Kier molecular flexibility index (Phi) is 4.94. The van der Waals surface area contributed by atoms with E-state index in [9.17, 15) is 14.0 Å². The van der Waals surface area contributed by atoms with Crippen LogP contribution < -0.4 is 0 Å². The van der Waals surface area contributed by atoms with Crippen molar-refractivity contribution >= 4 is 22.7 Å². The maximum atomic E-state index is 13.4. The number of aryl methyl sites for hydroxylation is 1. The minimum atomic E-state index is -0.403. The van der Waals surface area contributed by atoms with Crippen LogP contribution in [0.15, 0.2) is 24.3 Å². The van der Waals surface area contributed by atoms with E-state index in [1.165, 1.54) is 17.0 Å². The Morgan fingerprint density at radius 3 is 2.72 bits per heavy atom. The van der Waals surface area contributed by atoms with Crippen molar-refractivity contribution in [2.45, 2.75) is 6.92 Å². The van der Waals surface area contributed by atoms with Crippen molar-refractivity contribution in [2.24, 2.45) is 0 Å². The van der Waals surface area contributed by atoms with Gasteiger partial charge < -0.3 is 14.5 Å². The van der Waals surface area contributed by atoms with Crippen molar-refractivity contribution in [1.29, 1.82) is 0 Å². The highest BCUT2D eigenvalue weighted by Gasteiger charge is 2.22. The van der Waals surface area contributed by atoms with Crippen LogP contribution in [0.1, 0.15) is 16.1 Å². The van der Waals surface area contributed by atoms with Gasteiger partial charge in [-0.15, -0.1) is 0 Å². The third-order valence-electron chi connectivity index (χ3n) is 4.21. The molecule has 0 spiro atoms. The Labute approximate surface area is 145 Å². The number of carbonyl (C=O) groups excluding carboxylic acids is 2. The number of hydrogen-bond acceptors (Lipinski definition) is 4. The molecule has 1 fully saturated rings. The van der Waals surface area contributed by atoms with Crippen LogP contribution >= 0.6 is 0 Å². The molecule has 0 radical (unpaired) electrons. The Bertz CT molecular complexity index is 813. The van der Waals surface area contributed by atoms with Crippen molar-refractivity contribution in [2.75, 3.05) is 39.9 Å². The molecular weight excluding hydrogens is 325 g/mol. The molecule has 0 atom stereocenters. The summed E-state index contributed by atoms with van der Waals surface area (Å²) in [6.07, 6.45) is 0. The van der Waals surface area contributed by atoms with Crippen LogP contribution in [-0.4, -0.2) is 66.5 Å². The molecule has 2 aromatic rings. The number of aromatic nitrogens is 1. The zero-order valence-corrected chi connectivity index (χ0v) is 14.3. The molecule has 7 heteroatoms. The quantitative estimate of drug-likeness (QED) is 0.848. The summed E-state index contributed by atoms with van der Waals surface area (Å²) in [6.45, 7) is 3.85. The second kappa shape index (κ2) is 7.14. The topological polar surface area (TPSA) is 62.7 Å². The Balaban J connectivity index is 1.82. The maximum absolute atomic E-state index is 13.4. The first-order chi connectivity index (χ1) is 12.0. The summed E-state index contributed by atoms with van der Waals surface area (Å²) in [5, 5.41) is 0.572. The van der Waals surface area contributed by atoms with Crippen molar-refractivity contribution in [3.8, 4) is 0 Å². The molecule has 0 aliphatic carbocycles. The summed E-state index contributed by atoms with van der Waals surface area (Å²) in [5.41, 5.74) is 1.46. The summed E-state index contributed by atoms with van der Waals surface area (Å²) in [6, 6.07) is 5.81. The van der Waals surface area contributed by atoms with E-state index in [0.717, 1.165) is 0 Å². The standard InChI is InChI=1S/C18H20FN3O3/c1-12-9-15(14-4-3-13(19)10-16(14)20-12)18(24)21(2)11-17(23)22-5-7-25-8-6-22/h3-4,9-10H,5-8,11H2,1-2H3. The van der Waals surface area contributed by atoms with E-state index in [2.05, 4.69) is 4.98 Å². The molecule has 2 amide bonds. The number of hydrogen-bond donors (Lipinski definition) is 0. The molecule has 1 saturated heterocycles. The molecule has 0 N–H and O–H groups in total. The van der Waals surface area contributed by atoms with Crippen LogP contribution in [0.5, 0.6) is 0 Å². The van der Waals surface area contributed by atoms with Crippen LogP contribution in [0, 0.1) is 12.7 Å². The first-order valence-electron chi connectivity index (χ1n) is 8.13. The highest BCUT2D eigenvalue weighted by molar-refractivity contribution is 6.07. The van der Waals surface area contributed by atoms with Gasteiger partial charge in [0.05, 0.1) is 30.8 Å². The van der Waals surface area contributed by atoms with E-state index in [1.54, 1.807) is 31.0 Å². The van der Waals surface area contributed by atoms with E-state index in [0.29, 0.717) is 48.5 Å². The fourth-order valence-corrected chi connectivity index (χ4v) is 2.90. The van der Waals surface area contributed by atoms with Gasteiger partial charge in [-0.2, -0.15) is 0 Å². The van der Waals surface area contributed by atoms with E-state index >= 15 is 0 Å². The first-order valence-corrected chi connectivity index (χ1v) is 8.13. The van der Waals surface area contributed by atoms with E-state index in [4.69, 9.17) is 4.74 Å². The summed E-state index contributed by atoms with van der Waals surface area (Å²) < 4.78 is 18.7. The van der Waals surface area contributed by atoms with Crippen LogP contribution in [-0.2, 0) is 9.53 Å². The number of amides is 2. The summed E-state index contributed by atoms with van der Waals surface area (Å²) in [4.78, 5) is 32.5. The number of morpholine rings is 1. The largest absolute Gasteiger partial charge is 0.378 e. The molecule has 1 aliphatic heterocycles. The normalized spacial score (nSPS) is 14.6. The lowest BCUT2D eigenvalue weighted by Crippen LogP contribution is -2.46. The van der Waals surface area contributed by atoms with Gasteiger partial charge >= 0.3 is 0 Å². The Morgan fingerprint density at radius 1 is 1.28 bits per heavy atom. The van der Waals surface area contributed by atoms with Crippen molar-refractivity contribution in [1.82, 2.24) is 14.8 Å². The number of benzene rings is 1. The van der Waals surface area contributed by atoms with E-state index in [1.807, 2.05) is 0 Å². The SMILES string of the molecule is Cc1cc(C(=O)N(C)CC(=O)N2CCOCC2)c2ccc(F)cc2n1. The second-order valence-corrected chi connectivity index (χ2v) is 6.13. The van der Waals surface area contributed by atoms with E-state index in [-0.39, 0.29) is 18.4 Å². The predicted octanol–water partition coefficient (Wildman–Crippen LogP) is 1.61. The zero-order valence-electron chi connectivity index (χ0n) is 14.3. The number of carbonyl (C=O) groups is 2. The first kappa shape index (κ1) is 17.3. The second-order valence-electron chi connectivity index (χ2n) is 6.13. The molecular formula is C18H20FN3O3. The lowest BCUT2D eigenvalue weighted by molar-refractivity contribution is -0.135. The molecule has 2 heterocycles. The monoisotopic (exact) mass is 345 g/mol. The third kappa shape index (κ3) is 3.76. The fourth-order valence-electron chi connectivity index (χ4n) is 2.90. The van der Waals surface area contributed by atoms with Gasteiger partial charge in [-0.25, -0.2) is 4.39 Å². The van der Waals surface area contributed by atoms with Gasteiger partial charge in [0.25, 0.3) is 5.91 Å². The molecule has 25 heavy (non-hydrogen) atoms. The van der Waals surface area contributed by atoms with Crippen molar-refractivity contribution in [3.05, 3.63) is 41.3 Å². The number of fused-ring (bicyclic) bond motifs is 1. The predicted molar refractivity (Wildman–Crippen MR) is 90.8 cm³/mol. The molecule has 132 valence electrons.